The van der Waals surface area contributed by atoms with E-state index >= 15 is 0 Å². The van der Waals surface area contributed by atoms with Crippen LogP contribution >= 0.6 is 0 Å². The van der Waals surface area contributed by atoms with Gasteiger partial charge in [0.05, 0.1) is 6.21 Å². The molecule has 0 unspecified atom stereocenters. The van der Waals surface area contributed by atoms with E-state index in [0.29, 0.717) is 29.4 Å². The largest absolute Gasteiger partial charge is 0.488 e. The van der Waals surface area contributed by atoms with Crippen molar-refractivity contribution in [2.75, 3.05) is 6.79 Å². The van der Waals surface area contributed by atoms with Gasteiger partial charge in [-0.05, 0) is 46.7 Å². The predicted octanol–water partition coefficient (Wildman–Crippen LogP) is 4.91. The van der Waals surface area contributed by atoms with Crippen LogP contribution in [0.5, 0.6) is 17.2 Å². The highest BCUT2D eigenvalue weighted by atomic mass is 16.7. The lowest BCUT2D eigenvalue weighted by Gasteiger charge is -2.11. The number of ether oxygens (including phenoxy) is 3. The summed E-state index contributed by atoms with van der Waals surface area (Å²) >= 11 is 0. The Balaban J connectivity index is 1.27. The summed E-state index contributed by atoms with van der Waals surface area (Å²) in [5, 5.41) is 6.44. The molecule has 4 aromatic carbocycles. The van der Waals surface area contributed by atoms with Crippen molar-refractivity contribution in [3.05, 3.63) is 102 Å². The number of benzene rings is 4. The smallest absolute Gasteiger partial charge is 0.271 e. The number of para-hydroxylation sites is 1. The fourth-order valence-electron chi connectivity index (χ4n) is 3.56. The summed E-state index contributed by atoms with van der Waals surface area (Å²) in [6.07, 6.45) is 1.57. The third-order valence-electron chi connectivity index (χ3n) is 5.19. The zero-order valence-electron chi connectivity index (χ0n) is 17.2. The molecule has 1 N–H and O–H groups in total. The summed E-state index contributed by atoms with van der Waals surface area (Å²) in [6, 6.07) is 27.0. The zero-order valence-corrected chi connectivity index (χ0v) is 17.2. The first-order valence-corrected chi connectivity index (χ1v) is 10.2. The van der Waals surface area contributed by atoms with E-state index in [4.69, 9.17) is 14.2 Å². The quantitative estimate of drug-likeness (QED) is 0.353. The van der Waals surface area contributed by atoms with Crippen LogP contribution in [0.25, 0.3) is 10.8 Å². The van der Waals surface area contributed by atoms with Gasteiger partial charge in [0, 0.05) is 11.1 Å². The lowest BCUT2D eigenvalue weighted by atomic mass is 10.1. The van der Waals surface area contributed by atoms with Gasteiger partial charge in [0.15, 0.2) is 11.5 Å². The molecule has 6 heteroatoms. The second kappa shape index (κ2) is 8.81. The van der Waals surface area contributed by atoms with Gasteiger partial charge in [-0.2, -0.15) is 5.10 Å². The summed E-state index contributed by atoms with van der Waals surface area (Å²) in [4.78, 5) is 12.4. The minimum Gasteiger partial charge on any atom is -0.488 e. The van der Waals surface area contributed by atoms with Crippen LogP contribution in [0.2, 0.25) is 0 Å². The van der Waals surface area contributed by atoms with Gasteiger partial charge < -0.3 is 14.2 Å². The Morgan fingerprint density at radius 2 is 1.75 bits per heavy atom. The van der Waals surface area contributed by atoms with Gasteiger partial charge in [0.2, 0.25) is 6.79 Å². The first-order chi connectivity index (χ1) is 15.8. The molecule has 0 aliphatic carbocycles. The molecular weight excluding hydrogens is 404 g/mol. The number of carbonyl (C=O) groups is 1. The molecule has 1 aliphatic heterocycles. The summed E-state index contributed by atoms with van der Waals surface area (Å²) in [5.41, 5.74) is 4.84. The Morgan fingerprint density at radius 3 is 2.72 bits per heavy atom. The number of hydrogen-bond acceptors (Lipinski definition) is 5. The van der Waals surface area contributed by atoms with E-state index in [1.54, 1.807) is 24.4 Å². The fourth-order valence-corrected chi connectivity index (χ4v) is 3.56. The van der Waals surface area contributed by atoms with Gasteiger partial charge in [-0.1, -0.05) is 54.6 Å². The van der Waals surface area contributed by atoms with E-state index in [1.165, 1.54) is 5.39 Å². The van der Waals surface area contributed by atoms with Crippen LogP contribution in [0.15, 0.2) is 90.0 Å². The molecule has 0 spiro atoms. The molecular formula is C26H20N2O4. The predicted molar refractivity (Wildman–Crippen MR) is 122 cm³/mol. The first-order valence-electron chi connectivity index (χ1n) is 10.2. The van der Waals surface area contributed by atoms with E-state index in [2.05, 4.69) is 34.8 Å². The molecule has 0 saturated carbocycles. The zero-order chi connectivity index (χ0) is 21.8. The number of amides is 1. The normalized spacial score (nSPS) is 12.2. The number of hydrogen-bond donors (Lipinski definition) is 1. The molecule has 0 aromatic heterocycles. The highest BCUT2D eigenvalue weighted by molar-refractivity contribution is 5.95. The van der Waals surface area contributed by atoms with Crippen molar-refractivity contribution >= 4 is 22.9 Å². The van der Waals surface area contributed by atoms with Crippen molar-refractivity contribution in [3.63, 3.8) is 0 Å². The molecule has 6 nitrogen and oxygen atoms in total. The average molecular weight is 424 g/mol. The molecule has 0 radical (unpaired) electrons. The minimum absolute atomic E-state index is 0.161. The molecule has 0 saturated heterocycles. The van der Waals surface area contributed by atoms with Crippen molar-refractivity contribution in [2.24, 2.45) is 5.10 Å². The Kier molecular flexibility index (Phi) is 5.41. The van der Waals surface area contributed by atoms with Crippen molar-refractivity contribution in [3.8, 4) is 17.2 Å². The van der Waals surface area contributed by atoms with E-state index in [0.717, 1.165) is 16.5 Å². The van der Waals surface area contributed by atoms with Gasteiger partial charge in [0.1, 0.15) is 12.4 Å². The van der Waals surface area contributed by atoms with E-state index in [1.807, 2.05) is 42.5 Å². The van der Waals surface area contributed by atoms with Crippen LogP contribution in [-0.4, -0.2) is 18.9 Å². The van der Waals surface area contributed by atoms with E-state index in [9.17, 15) is 4.79 Å². The second-order valence-electron chi connectivity index (χ2n) is 7.23. The Morgan fingerprint density at radius 1 is 0.938 bits per heavy atom. The van der Waals surface area contributed by atoms with Crippen LogP contribution in [-0.2, 0) is 6.61 Å². The fraction of sp³-hybridized carbons (Fsp3) is 0.0769. The van der Waals surface area contributed by atoms with E-state index < -0.39 is 0 Å². The van der Waals surface area contributed by atoms with Gasteiger partial charge in [0.25, 0.3) is 5.91 Å². The summed E-state index contributed by atoms with van der Waals surface area (Å²) < 4.78 is 16.7. The number of carbonyl (C=O) groups excluding carboxylic acids is 1. The van der Waals surface area contributed by atoms with Crippen molar-refractivity contribution in [1.29, 1.82) is 0 Å². The minimum atomic E-state index is -0.339. The molecule has 158 valence electrons. The maximum Gasteiger partial charge on any atom is 0.271 e. The number of fused-ring (bicyclic) bond motifs is 2. The van der Waals surface area contributed by atoms with Gasteiger partial charge >= 0.3 is 0 Å². The average Bonchev–Trinajstić information content (AvgIpc) is 3.31. The third-order valence-corrected chi connectivity index (χ3v) is 5.19. The third kappa shape index (κ3) is 4.11. The molecule has 0 atom stereocenters. The Bertz CT molecular complexity index is 1310. The second-order valence-corrected chi connectivity index (χ2v) is 7.23. The lowest BCUT2D eigenvalue weighted by molar-refractivity contribution is 0.0954. The maximum atomic E-state index is 12.4. The number of hydrazone groups is 1. The van der Waals surface area contributed by atoms with Crippen LogP contribution in [0.4, 0.5) is 0 Å². The van der Waals surface area contributed by atoms with Gasteiger partial charge in [-0.15, -0.1) is 0 Å². The van der Waals surface area contributed by atoms with Crippen molar-refractivity contribution < 1.29 is 19.0 Å². The molecule has 4 aromatic rings. The topological polar surface area (TPSA) is 69.2 Å². The molecule has 0 bridgehead atoms. The monoisotopic (exact) mass is 424 g/mol. The molecule has 32 heavy (non-hydrogen) atoms. The highest BCUT2D eigenvalue weighted by Gasteiger charge is 2.16. The van der Waals surface area contributed by atoms with Crippen LogP contribution in [0.1, 0.15) is 21.5 Å². The Labute approximate surface area is 185 Å². The summed E-state index contributed by atoms with van der Waals surface area (Å²) in [5.74, 6) is 1.52. The summed E-state index contributed by atoms with van der Waals surface area (Å²) in [7, 11) is 0. The highest BCUT2D eigenvalue weighted by Crippen LogP contribution is 2.32. The van der Waals surface area contributed by atoms with Gasteiger partial charge in [-0.25, -0.2) is 5.43 Å². The molecule has 0 fully saturated rings. The molecule has 1 heterocycles. The maximum absolute atomic E-state index is 12.4. The molecule has 1 amide bonds. The molecule has 1 aliphatic rings. The standard InChI is InChI=1S/C26H20N2O4/c29-26(19-12-13-24-25(14-19)32-17-31-24)28-27-15-20-7-2-4-11-23(20)30-16-21-9-5-8-18-6-1-3-10-22(18)21/h1-15H,16-17H2,(H,28,29)/b27-15-. The van der Waals surface area contributed by atoms with Gasteiger partial charge in [-0.3, -0.25) is 4.79 Å². The lowest BCUT2D eigenvalue weighted by Crippen LogP contribution is -2.17. The van der Waals surface area contributed by atoms with Crippen molar-refractivity contribution in [2.45, 2.75) is 6.61 Å². The van der Waals surface area contributed by atoms with Crippen LogP contribution in [0, 0.1) is 0 Å². The van der Waals surface area contributed by atoms with Crippen molar-refractivity contribution in [1.82, 2.24) is 5.43 Å². The number of rotatable bonds is 6. The number of nitrogens with one attached hydrogen (secondary N) is 1. The van der Waals surface area contributed by atoms with E-state index in [-0.39, 0.29) is 12.7 Å². The SMILES string of the molecule is O=C(N/N=C\c1ccccc1OCc1cccc2ccccc12)c1ccc2c(c1)OCO2. The van der Waals surface area contributed by atoms with Crippen LogP contribution < -0.4 is 19.6 Å². The van der Waals surface area contributed by atoms with Crippen LogP contribution in [0.3, 0.4) is 0 Å². The first kappa shape index (κ1) is 19.6. The Hall–Kier alpha value is -4.32. The number of nitrogens with zero attached hydrogens (tertiary/aromatic N) is 1. The molecule has 5 rings (SSSR count). The summed E-state index contributed by atoms with van der Waals surface area (Å²) in [6.45, 7) is 0.587.